The highest BCUT2D eigenvalue weighted by molar-refractivity contribution is 6.35. The van der Waals surface area contributed by atoms with Gasteiger partial charge in [-0.2, -0.15) is 0 Å². The SMILES string of the molecule is O=C(CCN1CCN(Cc2ccc3c(c2)OCO3)CC1)Nc1cc(Cl)ccc1Cl. The molecular formula is C21H23Cl2N3O3. The van der Waals surface area contributed by atoms with Gasteiger partial charge in [-0.05, 0) is 35.9 Å². The second-order valence-corrected chi connectivity index (χ2v) is 8.07. The third-order valence-corrected chi connectivity index (χ3v) is 5.73. The summed E-state index contributed by atoms with van der Waals surface area (Å²) >= 11 is 12.1. The molecule has 0 aromatic heterocycles. The van der Waals surface area contributed by atoms with Crippen LogP contribution in [0.15, 0.2) is 36.4 Å². The fraction of sp³-hybridized carbons (Fsp3) is 0.381. The number of ether oxygens (including phenoxy) is 2. The van der Waals surface area contributed by atoms with E-state index in [9.17, 15) is 4.79 Å². The minimum atomic E-state index is -0.0584. The molecule has 1 saturated heterocycles. The first-order valence-electron chi connectivity index (χ1n) is 9.65. The summed E-state index contributed by atoms with van der Waals surface area (Å²) in [7, 11) is 0. The van der Waals surface area contributed by atoms with E-state index in [1.165, 1.54) is 5.56 Å². The molecule has 8 heteroatoms. The summed E-state index contributed by atoms with van der Waals surface area (Å²) in [4.78, 5) is 17.0. The summed E-state index contributed by atoms with van der Waals surface area (Å²) in [6.45, 7) is 5.73. The number of benzene rings is 2. The molecule has 2 aliphatic heterocycles. The Bertz CT molecular complexity index is 885. The van der Waals surface area contributed by atoms with Crippen LogP contribution in [0.1, 0.15) is 12.0 Å². The molecule has 0 spiro atoms. The number of nitrogens with one attached hydrogen (secondary N) is 1. The van der Waals surface area contributed by atoms with Crippen molar-refractivity contribution in [1.29, 1.82) is 0 Å². The molecular weight excluding hydrogens is 413 g/mol. The molecule has 154 valence electrons. The zero-order chi connectivity index (χ0) is 20.2. The molecule has 1 N–H and O–H groups in total. The van der Waals surface area contributed by atoms with E-state index in [-0.39, 0.29) is 5.91 Å². The van der Waals surface area contributed by atoms with Crippen molar-refractivity contribution >= 4 is 34.8 Å². The summed E-state index contributed by atoms with van der Waals surface area (Å²) in [5, 5.41) is 3.87. The summed E-state index contributed by atoms with van der Waals surface area (Å²) in [6.07, 6.45) is 0.422. The van der Waals surface area contributed by atoms with Crippen molar-refractivity contribution < 1.29 is 14.3 Å². The Labute approximate surface area is 180 Å². The molecule has 29 heavy (non-hydrogen) atoms. The van der Waals surface area contributed by atoms with E-state index < -0.39 is 0 Å². The van der Waals surface area contributed by atoms with Gasteiger partial charge in [0.05, 0.1) is 10.7 Å². The molecule has 1 fully saturated rings. The monoisotopic (exact) mass is 435 g/mol. The van der Waals surface area contributed by atoms with Gasteiger partial charge >= 0.3 is 0 Å². The number of hydrogen-bond acceptors (Lipinski definition) is 5. The zero-order valence-corrected chi connectivity index (χ0v) is 17.5. The third-order valence-electron chi connectivity index (χ3n) is 5.17. The Morgan fingerprint density at radius 2 is 1.72 bits per heavy atom. The maximum atomic E-state index is 12.2. The lowest BCUT2D eigenvalue weighted by Crippen LogP contribution is -2.46. The van der Waals surface area contributed by atoms with Crippen LogP contribution in [-0.2, 0) is 11.3 Å². The number of carbonyl (C=O) groups excluding carboxylic acids is 1. The molecule has 0 bridgehead atoms. The second kappa shape index (κ2) is 9.22. The van der Waals surface area contributed by atoms with Crippen molar-refractivity contribution in [3.05, 3.63) is 52.0 Å². The van der Waals surface area contributed by atoms with Crippen LogP contribution >= 0.6 is 23.2 Å². The molecule has 0 saturated carbocycles. The first-order valence-corrected chi connectivity index (χ1v) is 10.4. The highest BCUT2D eigenvalue weighted by atomic mass is 35.5. The highest BCUT2D eigenvalue weighted by Crippen LogP contribution is 2.33. The van der Waals surface area contributed by atoms with E-state index >= 15 is 0 Å². The molecule has 1 amide bonds. The number of fused-ring (bicyclic) bond motifs is 1. The van der Waals surface area contributed by atoms with Gasteiger partial charge in [0.1, 0.15) is 0 Å². The lowest BCUT2D eigenvalue weighted by atomic mass is 10.1. The van der Waals surface area contributed by atoms with Crippen LogP contribution < -0.4 is 14.8 Å². The van der Waals surface area contributed by atoms with Gasteiger partial charge in [-0.25, -0.2) is 0 Å². The van der Waals surface area contributed by atoms with Crippen LogP contribution in [0.5, 0.6) is 11.5 Å². The van der Waals surface area contributed by atoms with Gasteiger partial charge in [0, 0.05) is 50.7 Å². The molecule has 2 heterocycles. The van der Waals surface area contributed by atoms with Crippen molar-refractivity contribution in [3.8, 4) is 11.5 Å². The standard InChI is InChI=1S/C21H23Cl2N3O3/c22-16-2-3-17(23)18(12-16)24-21(27)5-6-25-7-9-26(10-8-25)13-15-1-4-19-20(11-15)29-14-28-19/h1-4,11-12H,5-10,13-14H2,(H,24,27). The first-order chi connectivity index (χ1) is 14.1. The van der Waals surface area contributed by atoms with E-state index in [1.54, 1.807) is 18.2 Å². The summed E-state index contributed by atoms with van der Waals surface area (Å²) in [6, 6.07) is 11.2. The van der Waals surface area contributed by atoms with Crippen molar-refractivity contribution in [2.45, 2.75) is 13.0 Å². The third kappa shape index (κ3) is 5.34. The van der Waals surface area contributed by atoms with Crippen LogP contribution in [-0.4, -0.2) is 55.2 Å². The quantitative estimate of drug-likeness (QED) is 0.745. The first kappa shape index (κ1) is 20.3. The lowest BCUT2D eigenvalue weighted by molar-refractivity contribution is -0.116. The van der Waals surface area contributed by atoms with E-state index in [2.05, 4.69) is 27.2 Å². The Hall–Kier alpha value is -1.99. The summed E-state index contributed by atoms with van der Waals surface area (Å²) in [5.74, 6) is 1.58. The Balaban J connectivity index is 1.20. The van der Waals surface area contributed by atoms with Gasteiger partial charge in [-0.15, -0.1) is 0 Å². The number of nitrogens with zero attached hydrogens (tertiary/aromatic N) is 2. The van der Waals surface area contributed by atoms with Crippen molar-refractivity contribution in [1.82, 2.24) is 9.80 Å². The minimum absolute atomic E-state index is 0.0584. The van der Waals surface area contributed by atoms with E-state index in [0.29, 0.717) is 28.9 Å². The van der Waals surface area contributed by atoms with Gasteiger partial charge in [-0.1, -0.05) is 29.3 Å². The van der Waals surface area contributed by atoms with Gasteiger partial charge < -0.3 is 19.7 Å². The Morgan fingerprint density at radius 1 is 0.966 bits per heavy atom. The second-order valence-electron chi connectivity index (χ2n) is 7.23. The minimum Gasteiger partial charge on any atom is -0.454 e. The normalized spacial score (nSPS) is 16.8. The number of piperazine rings is 1. The molecule has 2 aliphatic rings. The average Bonchev–Trinajstić information content (AvgIpc) is 3.18. The zero-order valence-electron chi connectivity index (χ0n) is 16.0. The van der Waals surface area contributed by atoms with E-state index in [1.807, 2.05) is 6.07 Å². The van der Waals surface area contributed by atoms with Crippen molar-refractivity contribution in [2.24, 2.45) is 0 Å². The number of carbonyl (C=O) groups is 1. The topological polar surface area (TPSA) is 54.0 Å². The van der Waals surface area contributed by atoms with Gasteiger partial charge in [-0.3, -0.25) is 9.69 Å². The van der Waals surface area contributed by atoms with Crippen molar-refractivity contribution in [3.63, 3.8) is 0 Å². The van der Waals surface area contributed by atoms with Crippen LogP contribution in [0.2, 0.25) is 10.0 Å². The molecule has 0 atom stereocenters. The largest absolute Gasteiger partial charge is 0.454 e. The van der Waals surface area contributed by atoms with Crippen molar-refractivity contribution in [2.75, 3.05) is 44.8 Å². The summed E-state index contributed by atoms with van der Waals surface area (Å²) < 4.78 is 10.8. The maximum absolute atomic E-state index is 12.2. The number of amides is 1. The van der Waals surface area contributed by atoms with E-state index in [4.69, 9.17) is 32.7 Å². The summed E-state index contributed by atoms with van der Waals surface area (Å²) in [5.41, 5.74) is 1.78. The van der Waals surface area contributed by atoms with E-state index in [0.717, 1.165) is 50.8 Å². The van der Waals surface area contributed by atoms with Crippen LogP contribution in [0.25, 0.3) is 0 Å². The van der Waals surface area contributed by atoms with Gasteiger partial charge in [0.25, 0.3) is 0 Å². The highest BCUT2D eigenvalue weighted by Gasteiger charge is 2.19. The van der Waals surface area contributed by atoms with Gasteiger partial charge in [0.15, 0.2) is 11.5 Å². The molecule has 0 aliphatic carbocycles. The lowest BCUT2D eigenvalue weighted by Gasteiger charge is -2.34. The average molecular weight is 436 g/mol. The molecule has 0 radical (unpaired) electrons. The smallest absolute Gasteiger partial charge is 0.231 e. The molecule has 2 aromatic rings. The van der Waals surface area contributed by atoms with Crippen LogP contribution in [0, 0.1) is 0 Å². The molecule has 2 aromatic carbocycles. The van der Waals surface area contributed by atoms with Gasteiger partial charge in [0.2, 0.25) is 12.7 Å². The molecule has 0 unspecified atom stereocenters. The number of anilines is 1. The fourth-order valence-corrected chi connectivity index (χ4v) is 3.87. The molecule has 6 nitrogen and oxygen atoms in total. The predicted octanol–water partition coefficient (Wildman–Crippen LogP) is 3.87. The number of hydrogen-bond donors (Lipinski definition) is 1. The van der Waals surface area contributed by atoms with Crippen LogP contribution in [0.4, 0.5) is 5.69 Å². The van der Waals surface area contributed by atoms with Crippen LogP contribution in [0.3, 0.4) is 0 Å². The predicted molar refractivity (Wildman–Crippen MR) is 114 cm³/mol. The Kier molecular flexibility index (Phi) is 6.45. The number of halogens is 2. The molecule has 4 rings (SSSR count). The maximum Gasteiger partial charge on any atom is 0.231 e. The Morgan fingerprint density at radius 3 is 2.55 bits per heavy atom. The fourth-order valence-electron chi connectivity index (χ4n) is 3.53. The number of rotatable bonds is 6.